The van der Waals surface area contributed by atoms with Gasteiger partial charge in [-0.3, -0.25) is 0 Å². The topological polar surface area (TPSA) is 86.2 Å². The molecule has 0 aliphatic heterocycles. The van der Waals surface area contributed by atoms with Gasteiger partial charge in [0.2, 0.25) is 0 Å². The smallest absolute Gasteiger partial charge is 0 e. The summed E-state index contributed by atoms with van der Waals surface area (Å²) in [7, 11) is -5.39. The van der Waals surface area contributed by atoms with E-state index in [1.807, 2.05) is 0 Å². The highest BCUT2D eigenvalue weighted by molar-refractivity contribution is 7.40. The highest BCUT2D eigenvalue weighted by Gasteiger charge is 1.44. The van der Waals surface area contributed by atoms with Crippen molar-refractivity contribution in [3.05, 3.63) is 0 Å². The zero-order chi connectivity index (χ0) is 4.50. The summed E-state index contributed by atoms with van der Waals surface area (Å²) in [6, 6.07) is 0. The second kappa shape index (κ2) is 2.37. The molecule has 0 N–H and O–H groups in total. The van der Waals surface area contributed by atoms with Crippen molar-refractivity contribution in [1.82, 2.24) is 0 Å². The van der Waals surface area contributed by atoms with Gasteiger partial charge in [-0.25, -0.2) is 0 Å². The van der Waals surface area contributed by atoms with Gasteiger partial charge in [0.05, 0.1) is 0 Å². The van der Waals surface area contributed by atoms with Crippen LogP contribution in [0.3, 0.4) is 0 Å². The van der Waals surface area contributed by atoms with E-state index < -0.39 is 7.82 Å². The molecule has 0 aromatic rings. The van der Waals surface area contributed by atoms with Crippen LogP contribution in [0, 0.1) is 0 Å². The van der Waals surface area contributed by atoms with Gasteiger partial charge in [0.15, 0.2) is 0 Å². The zero-order valence-corrected chi connectivity index (χ0v) is 3.55. The van der Waals surface area contributed by atoms with Gasteiger partial charge in [0, 0.05) is 8.41 Å². The van der Waals surface area contributed by atoms with Crippen LogP contribution in [0.2, 0.25) is 0 Å². The average molecular weight is 106 g/mol. The maximum atomic E-state index is 8.55. The van der Waals surface area contributed by atoms with E-state index in [0.717, 1.165) is 0 Å². The first-order valence-corrected chi connectivity index (χ1v) is 2.19. The van der Waals surface area contributed by atoms with Crippen molar-refractivity contribution >= 4 is 16.2 Å². The molecule has 0 unspecified atom stereocenters. The minimum Gasteiger partial charge on any atom is -0.822 e. The molecule has 0 bridgehead atoms. The third-order valence-corrected chi connectivity index (χ3v) is 0. The minimum atomic E-state index is -5.39. The largest absolute Gasteiger partial charge is 0.822 e. The molecule has 0 saturated carbocycles. The third-order valence-electron chi connectivity index (χ3n) is 0. The maximum absolute atomic E-state index is 8.55. The lowest BCUT2D eigenvalue weighted by molar-refractivity contribution is -0.432. The molecule has 6 heteroatoms. The Morgan fingerprint density at radius 2 is 1.17 bits per heavy atom. The van der Waals surface area contributed by atoms with Gasteiger partial charge in [-0.15, -0.1) is 0 Å². The summed E-state index contributed by atoms with van der Waals surface area (Å²) in [6.07, 6.45) is 0. The molecular weight excluding hydrogens is 106 g/mol. The number of hydrogen-bond acceptors (Lipinski definition) is 4. The fourth-order valence-corrected chi connectivity index (χ4v) is 0. The van der Waals surface area contributed by atoms with Crippen LogP contribution in [0.5, 0.6) is 0 Å². The van der Waals surface area contributed by atoms with Gasteiger partial charge >= 0.3 is 0 Å². The Morgan fingerprint density at radius 1 is 1.17 bits per heavy atom. The second-order valence-corrected chi connectivity index (χ2v) is 1.34. The van der Waals surface area contributed by atoms with E-state index in [1.165, 1.54) is 0 Å². The second-order valence-electron chi connectivity index (χ2n) is 0.447. The minimum absolute atomic E-state index is 0. The summed E-state index contributed by atoms with van der Waals surface area (Å²) < 4.78 is 8.55. The van der Waals surface area contributed by atoms with Crippen LogP contribution >= 0.6 is 7.82 Å². The first kappa shape index (κ1) is 9.49. The van der Waals surface area contributed by atoms with Gasteiger partial charge in [-0.1, -0.05) is 0 Å². The van der Waals surface area contributed by atoms with Gasteiger partial charge < -0.3 is 19.2 Å². The molecule has 0 amide bonds. The lowest BCUT2D eigenvalue weighted by atomic mass is 10.8. The predicted octanol–water partition coefficient (Wildman–Crippen LogP) is -3.21. The van der Waals surface area contributed by atoms with Crippen molar-refractivity contribution in [3.63, 3.8) is 0 Å². The molecule has 0 aliphatic rings. The Balaban J connectivity index is 0. The monoisotopic (exact) mass is 106 g/mol. The van der Waals surface area contributed by atoms with Crippen molar-refractivity contribution in [2.75, 3.05) is 0 Å². The average Bonchev–Trinajstić information content (AvgIpc) is 0.722. The molecule has 0 aromatic heterocycles. The van der Waals surface area contributed by atoms with E-state index in [2.05, 4.69) is 0 Å². The van der Waals surface area contributed by atoms with Crippen molar-refractivity contribution < 1.29 is 19.2 Å². The van der Waals surface area contributed by atoms with Crippen LogP contribution < -0.4 is 14.7 Å². The molecule has 3 radical (unpaired) electrons. The lowest BCUT2D eigenvalue weighted by Crippen LogP contribution is -2.24. The van der Waals surface area contributed by atoms with Crippen LogP contribution in [0.1, 0.15) is 0 Å². The first-order chi connectivity index (χ1) is 2.00. The van der Waals surface area contributed by atoms with Crippen LogP contribution in [0.4, 0.5) is 0 Å². The quantitative estimate of drug-likeness (QED) is 0.240. The Morgan fingerprint density at radius 3 is 1.17 bits per heavy atom. The molecule has 0 spiro atoms. The normalized spacial score (nSPS) is 9.83. The van der Waals surface area contributed by atoms with Crippen molar-refractivity contribution in [3.8, 4) is 0 Å². The summed E-state index contributed by atoms with van der Waals surface area (Å²) >= 11 is 0. The lowest BCUT2D eigenvalue weighted by Gasteiger charge is -2.36. The van der Waals surface area contributed by atoms with Crippen molar-refractivity contribution in [1.29, 1.82) is 0 Å². The molecule has 0 fully saturated rings. The number of hydrogen-bond donors (Lipinski definition) is 0. The molecule has 0 rings (SSSR count). The molecule has 35 valence electrons. The van der Waals surface area contributed by atoms with Crippen LogP contribution in [0.25, 0.3) is 0 Å². The molecule has 0 heterocycles. The Labute approximate surface area is 36.6 Å². The van der Waals surface area contributed by atoms with E-state index in [1.54, 1.807) is 0 Å². The first-order valence-electron chi connectivity index (χ1n) is 0.730. The maximum Gasteiger partial charge on any atom is 0 e. The number of phosphoric acid groups is 1. The van der Waals surface area contributed by atoms with Crippen LogP contribution in [-0.4, -0.2) is 8.41 Å². The standard InChI is InChI=1S/B.H3O4P/c;1-5(2,3)4/h;(H3,1,2,3,4)/p-3. The fourth-order valence-electron chi connectivity index (χ4n) is 0. The van der Waals surface area contributed by atoms with Crippen molar-refractivity contribution in [2.24, 2.45) is 0 Å². The highest BCUT2D eigenvalue weighted by Crippen LogP contribution is 2.03. The van der Waals surface area contributed by atoms with E-state index in [-0.39, 0.29) is 8.41 Å². The Kier molecular flexibility index (Phi) is 3.74. The van der Waals surface area contributed by atoms with Crippen LogP contribution in [0.15, 0.2) is 0 Å². The van der Waals surface area contributed by atoms with Gasteiger partial charge in [0.1, 0.15) is 0 Å². The van der Waals surface area contributed by atoms with Crippen LogP contribution in [-0.2, 0) is 4.57 Å². The Hall–Kier alpha value is 0.175. The summed E-state index contributed by atoms with van der Waals surface area (Å²) in [5.74, 6) is 0. The van der Waals surface area contributed by atoms with Crippen molar-refractivity contribution in [2.45, 2.75) is 0 Å². The van der Waals surface area contributed by atoms with E-state index in [4.69, 9.17) is 19.2 Å². The van der Waals surface area contributed by atoms with Gasteiger partial charge in [-0.05, 0) is 0 Å². The third kappa shape index (κ3) is 1380. The SMILES string of the molecule is O=P([O-])([O-])[O-].[B]. The number of rotatable bonds is 0. The predicted molar refractivity (Wildman–Crippen MR) is 13.4 cm³/mol. The summed E-state index contributed by atoms with van der Waals surface area (Å²) in [5.41, 5.74) is 0. The molecule has 4 nitrogen and oxygen atoms in total. The highest BCUT2D eigenvalue weighted by atomic mass is 31.2. The van der Waals surface area contributed by atoms with E-state index in [0.29, 0.717) is 0 Å². The van der Waals surface area contributed by atoms with Gasteiger partial charge in [-0.2, -0.15) is 7.82 Å². The summed E-state index contributed by atoms with van der Waals surface area (Å²) in [6.45, 7) is 0. The molecule has 0 aliphatic carbocycles. The van der Waals surface area contributed by atoms with E-state index >= 15 is 0 Å². The van der Waals surface area contributed by atoms with Gasteiger partial charge in [0.25, 0.3) is 0 Å². The molecule has 0 aromatic carbocycles. The summed E-state index contributed by atoms with van der Waals surface area (Å²) in [4.78, 5) is 25.6. The fraction of sp³-hybridized carbons (Fsp3) is 0. The molecule has 6 heavy (non-hydrogen) atoms. The van der Waals surface area contributed by atoms with E-state index in [9.17, 15) is 0 Å². The molecular formula is BO4P-3. The zero-order valence-electron chi connectivity index (χ0n) is 2.66. The Bertz CT molecular complexity index is 53.7. The molecule has 0 saturated heterocycles. The molecule has 0 atom stereocenters. The summed E-state index contributed by atoms with van der Waals surface area (Å²) in [5, 5.41) is 0.